The number of cyclic esters (lactones) is 1. The molecule has 1 heterocycles. The number of esters is 1. The first-order valence-electron chi connectivity index (χ1n) is 4.96. The Labute approximate surface area is 73.3 Å². The van der Waals surface area contributed by atoms with Gasteiger partial charge in [-0.3, -0.25) is 4.79 Å². The van der Waals surface area contributed by atoms with Crippen LogP contribution in [-0.4, -0.2) is 12.1 Å². The lowest BCUT2D eigenvalue weighted by Crippen LogP contribution is -2.12. The summed E-state index contributed by atoms with van der Waals surface area (Å²) in [5.74, 6) is 1.59. The van der Waals surface area contributed by atoms with Crippen molar-refractivity contribution in [2.45, 2.75) is 39.2 Å². The van der Waals surface area contributed by atoms with Gasteiger partial charge in [0.05, 0.1) is 5.92 Å². The van der Waals surface area contributed by atoms with Crippen LogP contribution in [-0.2, 0) is 9.53 Å². The standard InChI is InChI=1S/C10H16O2/c1-3-4-5-7-8-6(2)12-10(11)9(7)8/h6-9H,3-5H2,1-2H3/t6-,7-,8+,9-/m1/s1. The quantitative estimate of drug-likeness (QED) is 0.602. The molecule has 0 radical (unpaired) electrons. The summed E-state index contributed by atoms with van der Waals surface area (Å²) in [5, 5.41) is 0. The third-order valence-corrected chi connectivity index (χ3v) is 3.24. The fraction of sp³-hybridized carbons (Fsp3) is 0.900. The summed E-state index contributed by atoms with van der Waals surface area (Å²) < 4.78 is 5.09. The van der Waals surface area contributed by atoms with E-state index >= 15 is 0 Å². The van der Waals surface area contributed by atoms with Crippen molar-refractivity contribution >= 4 is 5.97 Å². The maximum absolute atomic E-state index is 11.2. The minimum Gasteiger partial charge on any atom is -0.462 e. The minimum atomic E-state index is 0.0635. The zero-order valence-corrected chi connectivity index (χ0v) is 7.75. The van der Waals surface area contributed by atoms with Gasteiger partial charge in [0.1, 0.15) is 6.10 Å². The van der Waals surface area contributed by atoms with Gasteiger partial charge in [0.15, 0.2) is 0 Å². The van der Waals surface area contributed by atoms with Crippen molar-refractivity contribution in [3.05, 3.63) is 0 Å². The summed E-state index contributed by atoms with van der Waals surface area (Å²) in [7, 11) is 0. The number of fused-ring (bicyclic) bond motifs is 1. The summed E-state index contributed by atoms with van der Waals surface area (Å²) in [6, 6.07) is 0. The van der Waals surface area contributed by atoms with Gasteiger partial charge in [-0.15, -0.1) is 0 Å². The van der Waals surface area contributed by atoms with Crippen LogP contribution in [0.15, 0.2) is 0 Å². The zero-order chi connectivity index (χ0) is 8.72. The molecule has 0 aromatic rings. The highest BCUT2D eigenvalue weighted by atomic mass is 16.6. The molecule has 1 saturated carbocycles. The van der Waals surface area contributed by atoms with Crippen LogP contribution >= 0.6 is 0 Å². The van der Waals surface area contributed by atoms with E-state index in [2.05, 4.69) is 6.92 Å². The second kappa shape index (κ2) is 2.75. The number of rotatable bonds is 3. The van der Waals surface area contributed by atoms with Gasteiger partial charge in [0.25, 0.3) is 0 Å². The van der Waals surface area contributed by atoms with Crippen molar-refractivity contribution in [2.75, 3.05) is 0 Å². The summed E-state index contributed by atoms with van der Waals surface area (Å²) in [4.78, 5) is 11.2. The molecule has 0 bridgehead atoms. The van der Waals surface area contributed by atoms with Gasteiger partial charge in [-0.25, -0.2) is 0 Å². The zero-order valence-electron chi connectivity index (χ0n) is 7.75. The molecule has 0 N–H and O–H groups in total. The number of ether oxygens (including phenoxy) is 1. The Kier molecular flexibility index (Phi) is 1.85. The van der Waals surface area contributed by atoms with Gasteiger partial charge in [0, 0.05) is 5.92 Å². The predicted octanol–water partition coefficient (Wildman–Crippen LogP) is 1.98. The molecule has 2 fully saturated rings. The van der Waals surface area contributed by atoms with E-state index in [1.165, 1.54) is 19.3 Å². The van der Waals surface area contributed by atoms with Gasteiger partial charge in [-0.1, -0.05) is 19.8 Å². The van der Waals surface area contributed by atoms with Gasteiger partial charge in [-0.05, 0) is 19.3 Å². The smallest absolute Gasteiger partial charge is 0.309 e. The summed E-state index contributed by atoms with van der Waals surface area (Å²) in [5.41, 5.74) is 0. The first-order chi connectivity index (χ1) is 5.75. The molecule has 2 heteroatoms. The summed E-state index contributed by atoms with van der Waals surface area (Å²) in [6.45, 7) is 4.22. The van der Waals surface area contributed by atoms with Crippen molar-refractivity contribution in [3.63, 3.8) is 0 Å². The van der Waals surface area contributed by atoms with Crippen molar-refractivity contribution in [3.8, 4) is 0 Å². The van der Waals surface area contributed by atoms with Crippen LogP contribution < -0.4 is 0 Å². The van der Waals surface area contributed by atoms with E-state index in [1.54, 1.807) is 0 Å². The molecule has 2 aliphatic rings. The highest BCUT2D eigenvalue weighted by Gasteiger charge is 2.63. The molecular formula is C10H16O2. The van der Waals surface area contributed by atoms with Crippen LogP contribution in [0.5, 0.6) is 0 Å². The molecular weight excluding hydrogens is 152 g/mol. The van der Waals surface area contributed by atoms with Gasteiger partial charge in [-0.2, -0.15) is 0 Å². The lowest BCUT2D eigenvalue weighted by Gasteiger charge is -2.08. The Bertz CT molecular complexity index is 200. The molecule has 12 heavy (non-hydrogen) atoms. The number of unbranched alkanes of at least 4 members (excludes halogenated alkanes) is 1. The second-order valence-electron chi connectivity index (χ2n) is 4.05. The number of hydrogen-bond acceptors (Lipinski definition) is 2. The highest BCUT2D eigenvalue weighted by molar-refractivity contribution is 5.79. The number of hydrogen-bond donors (Lipinski definition) is 0. The largest absolute Gasteiger partial charge is 0.462 e. The van der Waals surface area contributed by atoms with E-state index in [-0.39, 0.29) is 18.0 Å². The normalized spacial score (nSPS) is 44.0. The molecule has 1 aliphatic carbocycles. The van der Waals surface area contributed by atoms with E-state index in [4.69, 9.17) is 4.74 Å². The average molecular weight is 168 g/mol. The number of carbonyl (C=O) groups excluding carboxylic acids is 1. The van der Waals surface area contributed by atoms with Gasteiger partial charge >= 0.3 is 5.97 Å². The van der Waals surface area contributed by atoms with E-state index < -0.39 is 0 Å². The fourth-order valence-corrected chi connectivity index (χ4v) is 2.52. The van der Waals surface area contributed by atoms with Crippen molar-refractivity contribution in [1.29, 1.82) is 0 Å². The Balaban J connectivity index is 1.87. The third kappa shape index (κ3) is 1.05. The lowest BCUT2D eigenvalue weighted by molar-refractivity contribution is -0.145. The summed E-state index contributed by atoms with van der Waals surface area (Å²) >= 11 is 0. The Morgan fingerprint density at radius 1 is 1.50 bits per heavy atom. The second-order valence-corrected chi connectivity index (χ2v) is 4.05. The van der Waals surface area contributed by atoms with Crippen LogP contribution in [0.25, 0.3) is 0 Å². The molecule has 0 amide bonds. The molecule has 0 aromatic heterocycles. The molecule has 2 rings (SSSR count). The Hall–Kier alpha value is -0.530. The topological polar surface area (TPSA) is 26.3 Å². The van der Waals surface area contributed by atoms with Crippen molar-refractivity contribution < 1.29 is 9.53 Å². The fourth-order valence-electron chi connectivity index (χ4n) is 2.52. The predicted molar refractivity (Wildman–Crippen MR) is 45.5 cm³/mol. The molecule has 4 atom stereocenters. The molecule has 0 aromatic carbocycles. The summed E-state index contributed by atoms with van der Waals surface area (Å²) in [6.07, 6.45) is 3.92. The van der Waals surface area contributed by atoms with E-state index in [1.807, 2.05) is 6.92 Å². The van der Waals surface area contributed by atoms with Crippen molar-refractivity contribution in [2.24, 2.45) is 17.8 Å². The van der Waals surface area contributed by atoms with Crippen molar-refractivity contribution in [1.82, 2.24) is 0 Å². The molecule has 0 spiro atoms. The van der Waals surface area contributed by atoms with Crippen LogP contribution in [0.4, 0.5) is 0 Å². The van der Waals surface area contributed by atoms with Crippen LogP contribution in [0.1, 0.15) is 33.1 Å². The first kappa shape index (κ1) is 8.09. The Morgan fingerprint density at radius 3 is 2.75 bits per heavy atom. The van der Waals surface area contributed by atoms with E-state index in [9.17, 15) is 4.79 Å². The minimum absolute atomic E-state index is 0.0635. The highest BCUT2D eigenvalue weighted by Crippen LogP contribution is 2.57. The molecule has 1 saturated heterocycles. The average Bonchev–Trinajstić information content (AvgIpc) is 2.66. The van der Waals surface area contributed by atoms with Crippen LogP contribution in [0.2, 0.25) is 0 Å². The van der Waals surface area contributed by atoms with Crippen LogP contribution in [0, 0.1) is 17.8 Å². The van der Waals surface area contributed by atoms with Crippen LogP contribution in [0.3, 0.4) is 0 Å². The van der Waals surface area contributed by atoms with Gasteiger partial charge < -0.3 is 4.74 Å². The third-order valence-electron chi connectivity index (χ3n) is 3.24. The lowest BCUT2D eigenvalue weighted by atomic mass is 10.1. The SMILES string of the molecule is CCCC[C@H]1[C@H]2C(=O)O[C@H](C)[C@@H]12. The van der Waals surface area contributed by atoms with Gasteiger partial charge in [0.2, 0.25) is 0 Å². The van der Waals surface area contributed by atoms with E-state index in [0.717, 1.165) is 0 Å². The maximum atomic E-state index is 11.2. The molecule has 2 nitrogen and oxygen atoms in total. The first-order valence-corrected chi connectivity index (χ1v) is 4.96. The monoisotopic (exact) mass is 168 g/mol. The molecule has 1 aliphatic heterocycles. The maximum Gasteiger partial charge on any atom is 0.309 e. The Morgan fingerprint density at radius 2 is 2.25 bits per heavy atom. The molecule has 68 valence electrons. The molecule has 0 unspecified atom stereocenters. The van der Waals surface area contributed by atoms with E-state index in [0.29, 0.717) is 11.8 Å². The number of carbonyl (C=O) groups is 1.